The minimum absolute atomic E-state index is 0.0686. The highest BCUT2D eigenvalue weighted by molar-refractivity contribution is 5.91. The van der Waals surface area contributed by atoms with E-state index in [0.717, 1.165) is 32.1 Å². The van der Waals surface area contributed by atoms with Crippen molar-refractivity contribution in [3.63, 3.8) is 0 Å². The van der Waals surface area contributed by atoms with Crippen molar-refractivity contribution in [1.29, 1.82) is 0 Å². The van der Waals surface area contributed by atoms with Crippen molar-refractivity contribution >= 4 is 11.6 Å². The van der Waals surface area contributed by atoms with Gasteiger partial charge in [0.2, 0.25) is 0 Å². The molecule has 126 valence electrons. The molecule has 0 aromatic carbocycles. The van der Waals surface area contributed by atoms with Crippen LogP contribution in [-0.2, 0) is 9.59 Å². The molecule has 3 saturated carbocycles. The molecule has 0 N–H and O–H groups in total. The minimum atomic E-state index is -0.0686. The Morgan fingerprint density at radius 2 is 1.78 bits per heavy atom. The summed E-state index contributed by atoms with van der Waals surface area (Å²) in [6, 6.07) is 0. The zero-order valence-electron chi connectivity index (χ0n) is 14.9. The molecule has 0 aromatic heterocycles. The molecular weight excluding hydrogens is 284 g/mol. The summed E-state index contributed by atoms with van der Waals surface area (Å²) in [6.07, 6.45) is 10.2. The number of fused-ring (bicyclic) bond motifs is 6. The quantitative estimate of drug-likeness (QED) is 0.648. The van der Waals surface area contributed by atoms with Gasteiger partial charge < -0.3 is 0 Å². The predicted octanol–water partition coefficient (Wildman–Crippen LogP) is 4.72. The van der Waals surface area contributed by atoms with Crippen LogP contribution >= 0.6 is 0 Å². The number of hydrogen-bond donors (Lipinski definition) is 0. The minimum Gasteiger partial charge on any atom is -0.299 e. The Labute approximate surface area is 140 Å². The van der Waals surface area contributed by atoms with E-state index in [1.807, 2.05) is 6.08 Å². The molecule has 0 aromatic rings. The SMILES string of the molecule is CC1CC2(C)C(=O)CCC2C2CCC3=CC(=O)CCC3(C)C1C2. The van der Waals surface area contributed by atoms with E-state index in [9.17, 15) is 9.59 Å². The first kappa shape index (κ1) is 15.6. The molecule has 0 spiro atoms. The molecule has 6 atom stereocenters. The summed E-state index contributed by atoms with van der Waals surface area (Å²) in [7, 11) is 0. The number of rotatable bonds is 0. The monoisotopic (exact) mass is 314 g/mol. The van der Waals surface area contributed by atoms with Crippen LogP contribution in [0.1, 0.15) is 72.1 Å². The number of ketones is 2. The van der Waals surface area contributed by atoms with Crippen molar-refractivity contribution in [2.24, 2.45) is 34.5 Å². The van der Waals surface area contributed by atoms with Crippen LogP contribution in [0.2, 0.25) is 0 Å². The van der Waals surface area contributed by atoms with E-state index in [2.05, 4.69) is 20.8 Å². The van der Waals surface area contributed by atoms with Crippen molar-refractivity contribution in [3.05, 3.63) is 11.6 Å². The highest BCUT2D eigenvalue weighted by Crippen LogP contribution is 2.62. The maximum absolute atomic E-state index is 12.7. The second-order valence-electron chi connectivity index (χ2n) is 9.36. The first-order valence-corrected chi connectivity index (χ1v) is 9.62. The van der Waals surface area contributed by atoms with Gasteiger partial charge in [-0.25, -0.2) is 0 Å². The maximum Gasteiger partial charge on any atom is 0.155 e. The smallest absolute Gasteiger partial charge is 0.155 e. The van der Waals surface area contributed by atoms with Crippen LogP contribution in [0.4, 0.5) is 0 Å². The largest absolute Gasteiger partial charge is 0.299 e. The molecule has 2 nitrogen and oxygen atoms in total. The van der Waals surface area contributed by atoms with Gasteiger partial charge >= 0.3 is 0 Å². The normalized spacial score (nSPS) is 49.8. The van der Waals surface area contributed by atoms with Gasteiger partial charge in [-0.15, -0.1) is 0 Å². The van der Waals surface area contributed by atoms with Gasteiger partial charge in [-0.1, -0.05) is 26.3 Å². The molecule has 4 rings (SSSR count). The molecule has 23 heavy (non-hydrogen) atoms. The third-order valence-electron chi connectivity index (χ3n) is 8.26. The number of carbonyl (C=O) groups excluding carboxylic acids is 2. The highest BCUT2D eigenvalue weighted by Gasteiger charge is 2.56. The molecule has 3 fully saturated rings. The summed E-state index contributed by atoms with van der Waals surface area (Å²) in [6.45, 7) is 7.07. The van der Waals surface area contributed by atoms with Crippen LogP contribution in [0.25, 0.3) is 0 Å². The molecule has 4 aliphatic rings. The third-order valence-corrected chi connectivity index (χ3v) is 8.26. The highest BCUT2D eigenvalue weighted by atomic mass is 16.1. The average Bonchev–Trinajstić information content (AvgIpc) is 2.65. The van der Waals surface area contributed by atoms with Gasteiger partial charge in [0, 0.05) is 18.3 Å². The average molecular weight is 314 g/mol. The van der Waals surface area contributed by atoms with Gasteiger partial charge in [0.15, 0.2) is 5.78 Å². The fourth-order valence-corrected chi connectivity index (χ4v) is 6.96. The van der Waals surface area contributed by atoms with E-state index in [4.69, 9.17) is 0 Å². The number of hydrogen-bond acceptors (Lipinski definition) is 2. The lowest BCUT2D eigenvalue weighted by Crippen LogP contribution is -2.37. The van der Waals surface area contributed by atoms with Gasteiger partial charge in [-0.05, 0) is 73.7 Å². The van der Waals surface area contributed by atoms with Crippen molar-refractivity contribution in [3.8, 4) is 0 Å². The van der Waals surface area contributed by atoms with E-state index in [1.54, 1.807) is 0 Å². The van der Waals surface area contributed by atoms with E-state index < -0.39 is 0 Å². The van der Waals surface area contributed by atoms with Crippen molar-refractivity contribution in [2.75, 3.05) is 0 Å². The molecule has 2 heteroatoms. The van der Waals surface area contributed by atoms with Crippen LogP contribution in [-0.4, -0.2) is 11.6 Å². The lowest BCUT2D eigenvalue weighted by atomic mass is 9.60. The Morgan fingerprint density at radius 1 is 1.00 bits per heavy atom. The molecular formula is C21H30O2. The zero-order valence-corrected chi connectivity index (χ0v) is 14.9. The van der Waals surface area contributed by atoms with Crippen LogP contribution < -0.4 is 0 Å². The molecule has 0 aliphatic heterocycles. The topological polar surface area (TPSA) is 34.1 Å². The molecule has 2 bridgehead atoms. The van der Waals surface area contributed by atoms with Gasteiger partial charge in [-0.3, -0.25) is 9.59 Å². The number of carbonyl (C=O) groups is 2. The Hall–Kier alpha value is -0.920. The summed E-state index contributed by atoms with van der Waals surface area (Å²) in [5.74, 6) is 3.35. The van der Waals surface area contributed by atoms with E-state index >= 15 is 0 Å². The summed E-state index contributed by atoms with van der Waals surface area (Å²) in [5.41, 5.74) is 1.56. The number of allylic oxidation sites excluding steroid dienone is 2. The molecule has 0 radical (unpaired) electrons. The van der Waals surface area contributed by atoms with E-state index in [0.29, 0.717) is 41.7 Å². The Morgan fingerprint density at radius 3 is 2.57 bits per heavy atom. The van der Waals surface area contributed by atoms with E-state index in [1.165, 1.54) is 18.4 Å². The fraction of sp³-hybridized carbons (Fsp3) is 0.810. The van der Waals surface area contributed by atoms with Crippen LogP contribution in [0.3, 0.4) is 0 Å². The molecule has 0 heterocycles. The summed E-state index contributed by atoms with van der Waals surface area (Å²) >= 11 is 0. The zero-order chi connectivity index (χ0) is 16.4. The van der Waals surface area contributed by atoms with Crippen molar-refractivity contribution in [1.82, 2.24) is 0 Å². The number of Topliss-reactive ketones (excluding diaryl/α,β-unsaturated/α-hetero) is 1. The van der Waals surface area contributed by atoms with Gasteiger partial charge in [0.1, 0.15) is 5.78 Å². The molecule has 6 unspecified atom stereocenters. The summed E-state index contributed by atoms with van der Waals surface area (Å²) in [4.78, 5) is 24.6. The van der Waals surface area contributed by atoms with Crippen LogP contribution in [0.5, 0.6) is 0 Å². The molecule has 0 amide bonds. The lowest BCUT2D eigenvalue weighted by molar-refractivity contribution is -0.127. The Balaban J connectivity index is 1.77. The second kappa shape index (κ2) is 5.04. The second-order valence-corrected chi connectivity index (χ2v) is 9.36. The van der Waals surface area contributed by atoms with Gasteiger partial charge in [0.05, 0.1) is 0 Å². The van der Waals surface area contributed by atoms with Crippen molar-refractivity contribution < 1.29 is 9.59 Å². The summed E-state index contributed by atoms with van der Waals surface area (Å²) in [5, 5.41) is 0. The Kier molecular flexibility index (Phi) is 3.42. The Bertz CT molecular complexity index is 589. The van der Waals surface area contributed by atoms with Gasteiger partial charge in [0.25, 0.3) is 0 Å². The first-order chi connectivity index (χ1) is 10.8. The molecule has 0 saturated heterocycles. The lowest BCUT2D eigenvalue weighted by Gasteiger charge is -2.44. The summed E-state index contributed by atoms with van der Waals surface area (Å²) < 4.78 is 0. The van der Waals surface area contributed by atoms with E-state index in [-0.39, 0.29) is 10.8 Å². The fourth-order valence-electron chi connectivity index (χ4n) is 6.96. The van der Waals surface area contributed by atoms with Crippen LogP contribution in [0.15, 0.2) is 11.6 Å². The maximum atomic E-state index is 12.7. The first-order valence-electron chi connectivity index (χ1n) is 9.62. The predicted molar refractivity (Wildman–Crippen MR) is 90.9 cm³/mol. The van der Waals surface area contributed by atoms with Crippen LogP contribution in [0, 0.1) is 34.5 Å². The van der Waals surface area contributed by atoms with Gasteiger partial charge in [-0.2, -0.15) is 0 Å². The third kappa shape index (κ3) is 2.13. The molecule has 4 aliphatic carbocycles. The standard InChI is InChI=1S/C21H30O2/c1-13-12-21(3)17(6-7-19(21)23)14-4-5-15-11-16(22)8-9-20(15,2)18(13)10-14/h11,13-14,17-18H,4-10,12H2,1-3H3. The van der Waals surface area contributed by atoms with Crippen molar-refractivity contribution in [2.45, 2.75) is 72.1 Å².